The number of carbonyl (C=O) groups is 1. The Hall–Kier alpha value is -2.83. The molecule has 1 atom stereocenters. The predicted octanol–water partition coefficient (Wildman–Crippen LogP) is 2.47. The van der Waals surface area contributed by atoms with Crippen molar-refractivity contribution in [2.75, 3.05) is 18.0 Å². The zero-order valence-electron chi connectivity index (χ0n) is 15.1. The largest absolute Gasteiger partial charge is 0.465 e. The third-order valence-electron chi connectivity index (χ3n) is 4.91. The smallest absolute Gasteiger partial charge is 0.231 e. The van der Waals surface area contributed by atoms with E-state index in [1.165, 1.54) is 0 Å². The van der Waals surface area contributed by atoms with Crippen molar-refractivity contribution >= 4 is 17.5 Å². The highest BCUT2D eigenvalue weighted by Gasteiger charge is 2.28. The van der Waals surface area contributed by atoms with Gasteiger partial charge in [-0.05, 0) is 51.0 Å². The van der Waals surface area contributed by atoms with E-state index in [-0.39, 0.29) is 11.8 Å². The number of nitrogens with zero attached hydrogens (tertiary/aromatic N) is 4. The normalized spacial score (nSPS) is 17.6. The summed E-state index contributed by atoms with van der Waals surface area (Å²) in [6.45, 7) is 5.90. The van der Waals surface area contributed by atoms with Crippen molar-refractivity contribution in [1.82, 2.24) is 19.9 Å². The third kappa shape index (κ3) is 3.16. The van der Waals surface area contributed by atoms with Gasteiger partial charge in [0.1, 0.15) is 11.5 Å². The Morgan fingerprint density at radius 2 is 2.15 bits per heavy atom. The predicted molar refractivity (Wildman–Crippen MR) is 98.0 cm³/mol. The number of nitrogens with one attached hydrogen (secondary N) is 1. The summed E-state index contributed by atoms with van der Waals surface area (Å²) in [5.74, 6) is 2.46. The Kier molecular flexibility index (Phi) is 4.36. The summed E-state index contributed by atoms with van der Waals surface area (Å²) in [6, 6.07) is 9.77. The zero-order chi connectivity index (χ0) is 18.1. The van der Waals surface area contributed by atoms with Gasteiger partial charge in [0.05, 0.1) is 12.5 Å². The second kappa shape index (κ2) is 6.82. The Morgan fingerprint density at radius 3 is 2.96 bits per heavy atom. The fourth-order valence-corrected chi connectivity index (χ4v) is 3.56. The monoisotopic (exact) mass is 353 g/mol. The van der Waals surface area contributed by atoms with Crippen LogP contribution < -0.4 is 10.2 Å². The average molecular weight is 353 g/mol. The molecule has 0 aromatic carbocycles. The highest BCUT2D eigenvalue weighted by atomic mass is 16.3. The lowest BCUT2D eigenvalue weighted by Gasteiger charge is -2.32. The van der Waals surface area contributed by atoms with Crippen molar-refractivity contribution in [3.63, 3.8) is 0 Å². The highest BCUT2D eigenvalue weighted by Crippen LogP contribution is 2.23. The summed E-state index contributed by atoms with van der Waals surface area (Å²) in [6.07, 6.45) is 1.84. The Labute approximate surface area is 152 Å². The van der Waals surface area contributed by atoms with E-state index in [1.54, 1.807) is 0 Å². The molecular weight excluding hydrogens is 330 g/mol. The molecule has 3 aromatic rings. The van der Waals surface area contributed by atoms with E-state index >= 15 is 0 Å². The SMILES string of the molecule is Cc1ccc(CNC(=O)C2CCCN(c3nnc4cccc(C)n34)C2)o1. The van der Waals surface area contributed by atoms with Gasteiger partial charge in [0.25, 0.3) is 0 Å². The van der Waals surface area contributed by atoms with Gasteiger partial charge >= 0.3 is 0 Å². The molecule has 1 saturated heterocycles. The fourth-order valence-electron chi connectivity index (χ4n) is 3.56. The minimum atomic E-state index is -0.0591. The molecule has 0 spiro atoms. The molecule has 1 aliphatic heterocycles. The van der Waals surface area contributed by atoms with E-state index in [0.717, 1.165) is 48.2 Å². The number of hydrogen-bond donors (Lipinski definition) is 1. The molecule has 1 amide bonds. The number of fused-ring (bicyclic) bond motifs is 1. The standard InChI is InChI=1S/C19H23N5O2/c1-13-5-3-7-17-21-22-19(24(13)17)23-10-4-6-15(12-23)18(25)20-11-16-9-8-14(2)26-16/h3,5,7-9,15H,4,6,10-12H2,1-2H3,(H,20,25). The van der Waals surface area contributed by atoms with E-state index in [0.29, 0.717) is 13.1 Å². The number of pyridine rings is 1. The molecule has 136 valence electrons. The van der Waals surface area contributed by atoms with Crippen LogP contribution in [0.25, 0.3) is 5.65 Å². The number of amides is 1. The number of piperidine rings is 1. The van der Waals surface area contributed by atoms with E-state index in [9.17, 15) is 4.79 Å². The van der Waals surface area contributed by atoms with Crippen LogP contribution in [-0.4, -0.2) is 33.6 Å². The second-order valence-corrected chi connectivity index (χ2v) is 6.88. The van der Waals surface area contributed by atoms with Crippen LogP contribution in [-0.2, 0) is 11.3 Å². The van der Waals surface area contributed by atoms with Crippen molar-refractivity contribution in [1.29, 1.82) is 0 Å². The van der Waals surface area contributed by atoms with Crippen molar-refractivity contribution in [2.24, 2.45) is 5.92 Å². The lowest BCUT2D eigenvalue weighted by atomic mass is 9.97. The van der Waals surface area contributed by atoms with Gasteiger partial charge in [-0.15, -0.1) is 10.2 Å². The van der Waals surface area contributed by atoms with Gasteiger partial charge in [-0.1, -0.05) is 6.07 Å². The number of furan rings is 1. The lowest BCUT2D eigenvalue weighted by molar-refractivity contribution is -0.125. The lowest BCUT2D eigenvalue weighted by Crippen LogP contribution is -2.43. The summed E-state index contributed by atoms with van der Waals surface area (Å²) < 4.78 is 7.56. The highest BCUT2D eigenvalue weighted by molar-refractivity contribution is 5.79. The Morgan fingerprint density at radius 1 is 1.27 bits per heavy atom. The average Bonchev–Trinajstić information content (AvgIpc) is 3.27. The van der Waals surface area contributed by atoms with Gasteiger partial charge in [-0.2, -0.15) is 0 Å². The van der Waals surface area contributed by atoms with E-state index < -0.39 is 0 Å². The molecule has 0 aliphatic carbocycles. The van der Waals surface area contributed by atoms with Gasteiger partial charge in [0, 0.05) is 18.8 Å². The molecule has 26 heavy (non-hydrogen) atoms. The van der Waals surface area contributed by atoms with Crippen molar-refractivity contribution in [2.45, 2.75) is 33.2 Å². The molecule has 1 fully saturated rings. The van der Waals surface area contributed by atoms with Crippen molar-refractivity contribution in [3.8, 4) is 0 Å². The van der Waals surface area contributed by atoms with Crippen LogP contribution in [0.2, 0.25) is 0 Å². The summed E-state index contributed by atoms with van der Waals surface area (Å²) in [5, 5.41) is 11.6. The molecule has 4 heterocycles. The van der Waals surface area contributed by atoms with E-state index in [4.69, 9.17) is 4.42 Å². The van der Waals surface area contributed by atoms with Gasteiger partial charge in [0.2, 0.25) is 11.9 Å². The molecule has 7 heteroatoms. The second-order valence-electron chi connectivity index (χ2n) is 6.88. The van der Waals surface area contributed by atoms with E-state index in [2.05, 4.69) is 20.4 Å². The maximum absolute atomic E-state index is 12.6. The molecule has 4 rings (SSSR count). The van der Waals surface area contributed by atoms with Crippen LogP contribution in [0.4, 0.5) is 5.95 Å². The molecule has 7 nitrogen and oxygen atoms in total. The van der Waals surface area contributed by atoms with Crippen LogP contribution in [0, 0.1) is 19.8 Å². The Bertz CT molecular complexity index is 929. The van der Waals surface area contributed by atoms with Crippen molar-refractivity contribution in [3.05, 3.63) is 47.5 Å². The molecule has 0 radical (unpaired) electrons. The molecule has 0 bridgehead atoms. The minimum Gasteiger partial charge on any atom is -0.465 e. The van der Waals surface area contributed by atoms with Gasteiger partial charge in [0.15, 0.2) is 5.65 Å². The number of carbonyl (C=O) groups excluding carboxylic acids is 1. The molecule has 1 N–H and O–H groups in total. The maximum atomic E-state index is 12.6. The molecular formula is C19H23N5O2. The van der Waals surface area contributed by atoms with Crippen LogP contribution in [0.5, 0.6) is 0 Å². The quantitative estimate of drug-likeness (QED) is 0.780. The fraction of sp³-hybridized carbons (Fsp3) is 0.421. The zero-order valence-corrected chi connectivity index (χ0v) is 15.1. The van der Waals surface area contributed by atoms with Crippen molar-refractivity contribution < 1.29 is 9.21 Å². The summed E-state index contributed by atoms with van der Waals surface area (Å²) in [4.78, 5) is 14.8. The van der Waals surface area contributed by atoms with Crippen LogP contribution >= 0.6 is 0 Å². The van der Waals surface area contributed by atoms with Crippen LogP contribution in [0.3, 0.4) is 0 Å². The number of aromatic nitrogens is 3. The first-order chi connectivity index (χ1) is 12.6. The topological polar surface area (TPSA) is 75.7 Å². The first kappa shape index (κ1) is 16.6. The third-order valence-corrected chi connectivity index (χ3v) is 4.91. The van der Waals surface area contributed by atoms with E-state index in [1.807, 2.05) is 48.6 Å². The van der Waals surface area contributed by atoms with Crippen LogP contribution in [0.15, 0.2) is 34.7 Å². The Balaban J connectivity index is 1.46. The molecule has 0 saturated carbocycles. The number of aryl methyl sites for hydroxylation is 2. The minimum absolute atomic E-state index is 0.0591. The number of hydrogen-bond acceptors (Lipinski definition) is 5. The number of anilines is 1. The maximum Gasteiger partial charge on any atom is 0.231 e. The summed E-state index contributed by atoms with van der Waals surface area (Å²) in [5.41, 5.74) is 1.92. The molecule has 3 aromatic heterocycles. The molecule has 1 aliphatic rings. The number of rotatable bonds is 4. The molecule has 1 unspecified atom stereocenters. The first-order valence-corrected chi connectivity index (χ1v) is 9.00. The van der Waals surface area contributed by atoms with Gasteiger partial charge in [-0.3, -0.25) is 9.20 Å². The summed E-state index contributed by atoms with van der Waals surface area (Å²) in [7, 11) is 0. The van der Waals surface area contributed by atoms with Gasteiger partial charge < -0.3 is 14.6 Å². The van der Waals surface area contributed by atoms with Gasteiger partial charge in [-0.25, -0.2) is 0 Å². The first-order valence-electron chi connectivity index (χ1n) is 9.00. The summed E-state index contributed by atoms with van der Waals surface area (Å²) >= 11 is 0. The van der Waals surface area contributed by atoms with Crippen LogP contribution in [0.1, 0.15) is 30.1 Å².